The zero-order valence-electron chi connectivity index (χ0n) is 46.3. The fourth-order valence-electron chi connectivity index (χ4n) is 11.9. The van der Waals surface area contributed by atoms with Crippen molar-refractivity contribution in [3.05, 3.63) is 63.7 Å². The molecule has 4 aliphatic rings. The number of ketones is 2. The standard InChI is InChI=1S/C48H56N2O43/c1-89-28-19(53)13-15(23(57)29(28)90-2)34(61,62)32(21(13)55)36(65,66)39(71)41(73,74)45(81,82)49(46(83,84)42(39,75)76)9-12-17(51)25(59)27(26(60)18(12)52)92-10-93-31-20(54)14-16(24(58)30(31)91-3)35(63,64)33(22(14)56)37(67,68)40(72)43(77,78)47(85,86)50(48(87,88)44(40,79)80)38(69,70)11-7-5-4-6-8-11/h4-8,32-33,51-54,57-88H,9-10H2,1-3H3. The Morgan fingerprint density at radius 1 is 0.409 bits per heavy atom. The van der Waals surface area contributed by atoms with Crippen molar-refractivity contribution >= 4 is 11.6 Å². The van der Waals surface area contributed by atoms with Gasteiger partial charge in [-0.2, -0.15) is 4.90 Å². The van der Waals surface area contributed by atoms with E-state index in [9.17, 15) is 193 Å². The lowest BCUT2D eigenvalue weighted by molar-refractivity contribution is -0.647. The number of hydrogen-bond donors (Lipinski definition) is 36. The molecule has 36 N–H and O–H groups in total. The van der Waals surface area contributed by atoms with Crippen LogP contribution in [0.5, 0.6) is 74.7 Å². The van der Waals surface area contributed by atoms with Crippen LogP contribution in [0.15, 0.2) is 30.3 Å². The topological polar surface area (TPSA) is 815 Å². The number of fused-ring (bicyclic) bond motifs is 2. The van der Waals surface area contributed by atoms with Crippen LogP contribution in [0.1, 0.15) is 43.0 Å². The van der Waals surface area contributed by atoms with Gasteiger partial charge < -0.3 is 208 Å². The van der Waals surface area contributed by atoms with Crippen molar-refractivity contribution in [3.63, 3.8) is 0 Å². The number of benzene rings is 4. The molecule has 0 saturated carbocycles. The number of hydrogen-bond acceptors (Lipinski definition) is 45. The molecule has 2 atom stereocenters. The lowest BCUT2D eigenvalue weighted by Gasteiger charge is -2.66. The number of phenolic OH excluding ortho intramolecular Hbond substituents is 8. The van der Waals surface area contributed by atoms with E-state index in [4.69, 9.17) is 23.7 Å². The third-order valence-corrected chi connectivity index (χ3v) is 16.7. The SMILES string of the molecule is COc1c(O)c2c(c(O)c1OC)C(O)(O)C(C(O)(O)C1(O)C(O)(O)C(O)(O)N(Cc3c(O)c(O)c(OCOc4c(O)c5c(c(O)c4OC)C(O)(O)C(C(O)(O)C4(O)C(O)(O)C(O)(O)N(C(O)(O)c6ccccc6)C(O)(O)C4(O)O)C5=O)c(O)c3O)C(O)(O)C1(O)O)C2=O. The average molecular weight is 1350 g/mol. The third kappa shape index (κ3) is 8.08. The predicted octanol–water partition coefficient (Wildman–Crippen LogP) is -15.6. The molecule has 2 saturated heterocycles. The van der Waals surface area contributed by atoms with Gasteiger partial charge >= 0.3 is 0 Å². The number of likely N-dealkylation sites (tertiary alicyclic amines) is 2. The summed E-state index contributed by atoms with van der Waals surface area (Å²) in [6, 6.07) is 4.19. The van der Waals surface area contributed by atoms with Crippen LogP contribution in [0.2, 0.25) is 0 Å². The van der Waals surface area contributed by atoms with Crippen LogP contribution in [0.4, 0.5) is 0 Å². The number of carbonyl (C=O) groups is 2. The molecule has 4 aromatic rings. The number of piperidine rings is 2. The Balaban J connectivity index is 1.12. The second-order valence-corrected chi connectivity index (χ2v) is 21.5. The van der Waals surface area contributed by atoms with E-state index in [-0.39, 0.29) is 0 Å². The normalized spacial score (nSPS) is 24.2. The van der Waals surface area contributed by atoms with Crippen molar-refractivity contribution in [2.75, 3.05) is 28.1 Å². The predicted molar refractivity (Wildman–Crippen MR) is 268 cm³/mol. The third-order valence-electron chi connectivity index (χ3n) is 16.7. The Bertz CT molecular complexity index is 3670. The highest BCUT2D eigenvalue weighted by Crippen LogP contribution is 2.66. The number of phenols is 8. The van der Waals surface area contributed by atoms with E-state index in [1.807, 2.05) is 0 Å². The van der Waals surface area contributed by atoms with Gasteiger partial charge in [-0.05, 0) is 0 Å². The van der Waals surface area contributed by atoms with E-state index in [1.54, 1.807) is 0 Å². The number of methoxy groups -OCH3 is 3. The zero-order chi connectivity index (χ0) is 71.4. The van der Waals surface area contributed by atoms with Crippen LogP contribution in [-0.4, -0.2) is 303 Å². The highest BCUT2D eigenvalue weighted by Gasteiger charge is 2.95. The molecule has 0 amide bonds. The minimum Gasteiger partial charge on any atom is -0.504 e. The fourth-order valence-corrected chi connectivity index (χ4v) is 11.9. The van der Waals surface area contributed by atoms with E-state index in [2.05, 4.69) is 0 Å². The summed E-state index contributed by atoms with van der Waals surface area (Å²) in [7, 11) is 1.99. The molecule has 45 nitrogen and oxygen atoms in total. The van der Waals surface area contributed by atoms with Crippen LogP contribution >= 0.6 is 0 Å². The van der Waals surface area contributed by atoms with Crippen LogP contribution in [0.25, 0.3) is 0 Å². The zero-order valence-corrected chi connectivity index (χ0v) is 46.3. The molecule has 2 heterocycles. The maximum Gasteiger partial charge on any atom is 0.294 e. The fraction of sp³-hybridized carbons (Fsp3) is 0.458. The summed E-state index contributed by atoms with van der Waals surface area (Å²) in [4.78, 5) is 25.1. The highest BCUT2D eigenvalue weighted by molar-refractivity contribution is 6.09. The molecule has 8 rings (SSSR count). The molecule has 4 aromatic carbocycles. The average Bonchev–Trinajstić information content (AvgIpc) is 1.42. The first-order valence-corrected chi connectivity index (χ1v) is 25.0. The molecule has 2 aliphatic carbocycles. The van der Waals surface area contributed by atoms with E-state index in [0.717, 1.165) is 32.4 Å². The second-order valence-electron chi connectivity index (χ2n) is 21.5. The number of ether oxygens (including phenoxy) is 5. The summed E-state index contributed by atoms with van der Waals surface area (Å²) < 4.78 is 24.4. The van der Waals surface area contributed by atoms with Gasteiger partial charge in [-0.25, -0.2) is 0 Å². The van der Waals surface area contributed by atoms with E-state index >= 15 is 0 Å². The molecule has 0 bridgehead atoms. The summed E-state index contributed by atoms with van der Waals surface area (Å²) in [5.41, 5.74) is -22.3. The Labute approximate surface area is 509 Å². The van der Waals surface area contributed by atoms with Crippen LogP contribution in [0.3, 0.4) is 0 Å². The second kappa shape index (κ2) is 20.5. The molecule has 45 heteroatoms. The van der Waals surface area contributed by atoms with Crippen molar-refractivity contribution in [1.29, 1.82) is 0 Å². The van der Waals surface area contributed by atoms with Gasteiger partial charge in [0.15, 0.2) is 46.1 Å². The first-order valence-electron chi connectivity index (χ1n) is 25.0. The highest BCUT2D eigenvalue weighted by atomic mass is 16.7. The van der Waals surface area contributed by atoms with Crippen molar-refractivity contribution < 1.29 is 217 Å². The van der Waals surface area contributed by atoms with Gasteiger partial charge in [0.25, 0.3) is 52.7 Å². The molecule has 516 valence electrons. The van der Waals surface area contributed by atoms with Crippen LogP contribution in [-0.2, 0) is 24.0 Å². The lowest BCUT2D eigenvalue weighted by atomic mass is 9.64. The van der Waals surface area contributed by atoms with Crippen LogP contribution in [0, 0.1) is 11.8 Å². The van der Waals surface area contributed by atoms with Gasteiger partial charge in [-0.15, -0.1) is 4.90 Å². The van der Waals surface area contributed by atoms with Crippen molar-refractivity contribution in [2.45, 2.75) is 93.6 Å². The van der Waals surface area contributed by atoms with E-state index in [0.29, 0.717) is 19.2 Å². The summed E-state index contributed by atoms with van der Waals surface area (Å²) in [6.45, 7) is -4.32. The summed E-state index contributed by atoms with van der Waals surface area (Å²) in [6.07, 6.45) is 0. The minimum absolute atomic E-state index is 0.506. The number of Topliss-reactive ketones (excluding diaryl/α,β-unsaturated/α-hetero) is 2. The lowest BCUT2D eigenvalue weighted by Crippen LogP contribution is -2.99. The number of nitrogens with zero attached hydrogens (tertiary/aromatic N) is 2. The summed E-state index contributed by atoms with van der Waals surface area (Å²) in [5, 5.41) is 405. The van der Waals surface area contributed by atoms with Gasteiger partial charge in [0.05, 0.1) is 49.1 Å². The van der Waals surface area contributed by atoms with E-state index in [1.165, 1.54) is 0 Å². The van der Waals surface area contributed by atoms with Gasteiger partial charge in [-0.3, -0.25) is 9.59 Å². The Hall–Kier alpha value is -7.58. The Morgan fingerprint density at radius 3 is 1.08 bits per heavy atom. The van der Waals surface area contributed by atoms with Gasteiger partial charge in [0.2, 0.25) is 81.4 Å². The number of rotatable bonds is 15. The van der Waals surface area contributed by atoms with Crippen molar-refractivity contribution in [1.82, 2.24) is 9.80 Å². The molecule has 2 aliphatic heterocycles. The first-order chi connectivity index (χ1) is 41.9. The number of carbonyl (C=O) groups excluding carboxylic acids is 2. The molecule has 2 fully saturated rings. The van der Waals surface area contributed by atoms with Crippen LogP contribution < -0.4 is 23.7 Å². The Morgan fingerprint density at radius 2 is 0.720 bits per heavy atom. The number of aromatic hydroxyl groups is 8. The van der Waals surface area contributed by atoms with E-state index < -0.39 is 242 Å². The molecule has 0 spiro atoms. The molecular formula is C48H56N2O43. The Kier molecular flexibility index (Phi) is 15.7. The van der Waals surface area contributed by atoms with Crippen molar-refractivity contribution in [3.8, 4) is 74.7 Å². The maximum absolute atomic E-state index is 14.2. The smallest absolute Gasteiger partial charge is 0.294 e. The number of aliphatic hydroxyl groups is 28. The molecule has 0 aromatic heterocycles. The quantitative estimate of drug-likeness (QED) is 0.0298. The minimum atomic E-state index is -6.02. The monoisotopic (exact) mass is 1350 g/mol. The van der Waals surface area contributed by atoms with Gasteiger partial charge in [0.1, 0.15) is 11.8 Å². The molecule has 2 unspecified atom stereocenters. The first kappa shape index (κ1) is 71.3. The summed E-state index contributed by atoms with van der Waals surface area (Å²) >= 11 is 0. The van der Waals surface area contributed by atoms with Gasteiger partial charge in [-0.1, -0.05) is 30.3 Å². The summed E-state index contributed by atoms with van der Waals surface area (Å²) in [5.74, 6) is -107. The largest absolute Gasteiger partial charge is 0.504 e. The van der Waals surface area contributed by atoms with Gasteiger partial charge in [0, 0.05) is 12.1 Å². The molecule has 93 heavy (non-hydrogen) atoms. The molecule has 0 radical (unpaired) electrons. The van der Waals surface area contributed by atoms with Crippen molar-refractivity contribution in [2.24, 2.45) is 11.8 Å². The maximum atomic E-state index is 14.2. The molecular weight excluding hydrogens is 1290 g/mol.